The van der Waals surface area contributed by atoms with Gasteiger partial charge in [0.15, 0.2) is 11.5 Å². The monoisotopic (exact) mass is 384 g/mol. The smallest absolute Gasteiger partial charge is 0.294 e. The number of para-hydroxylation sites is 2. The van der Waals surface area contributed by atoms with Crippen LogP contribution in [0, 0.1) is 5.82 Å². The van der Waals surface area contributed by atoms with E-state index in [9.17, 15) is 14.0 Å². The van der Waals surface area contributed by atoms with Gasteiger partial charge in [0.2, 0.25) is 5.91 Å². The summed E-state index contributed by atoms with van der Waals surface area (Å²) in [6.07, 6.45) is 2.14. The van der Waals surface area contributed by atoms with Gasteiger partial charge in [-0.3, -0.25) is 14.5 Å². The van der Waals surface area contributed by atoms with Crippen molar-refractivity contribution in [1.82, 2.24) is 5.32 Å². The van der Waals surface area contributed by atoms with Crippen LogP contribution in [0.2, 0.25) is 0 Å². The van der Waals surface area contributed by atoms with Gasteiger partial charge in [0.25, 0.3) is 5.91 Å². The molecule has 2 amide bonds. The molecule has 7 heteroatoms. The lowest BCUT2D eigenvalue weighted by Gasteiger charge is -2.30. The highest BCUT2D eigenvalue weighted by atomic mass is 19.1. The van der Waals surface area contributed by atoms with E-state index >= 15 is 0 Å². The van der Waals surface area contributed by atoms with Crippen LogP contribution in [0.5, 0.6) is 5.75 Å². The number of ether oxygens (including phenoxy) is 2. The molecule has 0 saturated carbocycles. The normalized spacial score (nSPS) is 14.6. The average molecular weight is 384 g/mol. The first-order valence-corrected chi connectivity index (χ1v) is 8.90. The third-order valence-electron chi connectivity index (χ3n) is 4.13. The number of hydrogen-bond donors (Lipinski definition) is 1. The zero-order chi connectivity index (χ0) is 19.9. The maximum atomic E-state index is 13.5. The number of hydrogen-bond acceptors (Lipinski definition) is 4. The minimum absolute atomic E-state index is 0.0245. The summed E-state index contributed by atoms with van der Waals surface area (Å²) in [5.74, 6) is -0.681. The molecule has 0 fully saturated rings. The van der Waals surface area contributed by atoms with Crippen molar-refractivity contribution >= 4 is 23.6 Å². The van der Waals surface area contributed by atoms with E-state index in [1.807, 2.05) is 0 Å². The van der Waals surface area contributed by atoms with E-state index in [0.717, 1.165) is 0 Å². The van der Waals surface area contributed by atoms with Gasteiger partial charge in [0, 0.05) is 20.3 Å². The maximum absolute atomic E-state index is 13.5. The lowest BCUT2D eigenvalue weighted by atomic mass is 10.1. The number of nitrogens with one attached hydrogen (secondary N) is 1. The second kappa shape index (κ2) is 9.14. The third-order valence-corrected chi connectivity index (χ3v) is 4.13. The Balaban J connectivity index is 1.82. The lowest BCUT2D eigenvalue weighted by Crippen LogP contribution is -2.44. The quantitative estimate of drug-likeness (QED) is 0.589. The number of benzene rings is 2. The van der Waals surface area contributed by atoms with E-state index < -0.39 is 11.7 Å². The lowest BCUT2D eigenvalue weighted by molar-refractivity contribution is -0.123. The summed E-state index contributed by atoms with van der Waals surface area (Å²) in [5, 5.41) is 2.77. The SMILES string of the molecule is COCCCNC(=O)CN1C(=O)/C(=C\c2cccc(F)c2)Oc2ccccc21. The van der Waals surface area contributed by atoms with Crippen LogP contribution in [-0.4, -0.2) is 38.6 Å². The molecule has 0 bridgehead atoms. The van der Waals surface area contributed by atoms with Crippen molar-refractivity contribution in [1.29, 1.82) is 0 Å². The number of carbonyl (C=O) groups is 2. The molecule has 0 saturated heterocycles. The van der Waals surface area contributed by atoms with Crippen LogP contribution in [0.15, 0.2) is 54.3 Å². The number of rotatable bonds is 7. The molecule has 1 aliphatic rings. The van der Waals surface area contributed by atoms with E-state index in [1.54, 1.807) is 43.5 Å². The van der Waals surface area contributed by atoms with Gasteiger partial charge in [-0.25, -0.2) is 4.39 Å². The zero-order valence-corrected chi connectivity index (χ0v) is 15.5. The Kier molecular flexibility index (Phi) is 6.39. The van der Waals surface area contributed by atoms with Gasteiger partial charge in [-0.1, -0.05) is 24.3 Å². The Hall–Kier alpha value is -3.19. The van der Waals surface area contributed by atoms with Gasteiger partial charge >= 0.3 is 0 Å². The fourth-order valence-electron chi connectivity index (χ4n) is 2.81. The van der Waals surface area contributed by atoms with Gasteiger partial charge in [-0.05, 0) is 42.3 Å². The van der Waals surface area contributed by atoms with Crippen molar-refractivity contribution < 1.29 is 23.5 Å². The fraction of sp³-hybridized carbons (Fsp3) is 0.238. The minimum atomic E-state index is -0.463. The standard InChI is InChI=1S/C21H21FN2O4/c1-27-11-5-10-23-20(25)14-24-17-8-2-3-9-18(17)28-19(21(24)26)13-15-6-4-7-16(22)12-15/h2-4,6-9,12-13H,5,10-11,14H2,1H3,(H,23,25)/b19-13+. The van der Waals surface area contributed by atoms with Gasteiger partial charge in [0.05, 0.1) is 5.69 Å². The highest BCUT2D eigenvalue weighted by Gasteiger charge is 2.31. The van der Waals surface area contributed by atoms with Crippen LogP contribution >= 0.6 is 0 Å². The number of carbonyl (C=O) groups excluding carboxylic acids is 2. The molecule has 1 aliphatic heterocycles. The van der Waals surface area contributed by atoms with Crippen molar-refractivity contribution in [2.24, 2.45) is 0 Å². The number of nitrogens with zero attached hydrogens (tertiary/aromatic N) is 1. The molecule has 2 aromatic carbocycles. The van der Waals surface area contributed by atoms with E-state index in [1.165, 1.54) is 23.1 Å². The first-order valence-electron chi connectivity index (χ1n) is 8.90. The minimum Gasteiger partial charge on any atom is -0.449 e. The van der Waals surface area contributed by atoms with Crippen LogP contribution in [0.25, 0.3) is 6.08 Å². The number of methoxy groups -OCH3 is 1. The highest BCUT2D eigenvalue weighted by molar-refractivity contribution is 6.12. The molecule has 0 aromatic heterocycles. The topological polar surface area (TPSA) is 67.9 Å². The van der Waals surface area contributed by atoms with Crippen LogP contribution in [0.3, 0.4) is 0 Å². The van der Waals surface area contributed by atoms with Crippen LogP contribution in [0.4, 0.5) is 10.1 Å². The van der Waals surface area contributed by atoms with Gasteiger partial charge in [-0.2, -0.15) is 0 Å². The van der Waals surface area contributed by atoms with Crippen molar-refractivity contribution in [3.63, 3.8) is 0 Å². The fourth-order valence-corrected chi connectivity index (χ4v) is 2.81. The van der Waals surface area contributed by atoms with E-state index in [-0.39, 0.29) is 18.2 Å². The van der Waals surface area contributed by atoms with Crippen molar-refractivity contribution in [2.75, 3.05) is 31.7 Å². The van der Waals surface area contributed by atoms with Gasteiger partial charge in [-0.15, -0.1) is 0 Å². The summed E-state index contributed by atoms with van der Waals surface area (Å²) in [4.78, 5) is 26.6. The molecular formula is C21H21FN2O4. The van der Waals surface area contributed by atoms with E-state index in [0.29, 0.717) is 36.6 Å². The Bertz CT molecular complexity index is 897. The zero-order valence-electron chi connectivity index (χ0n) is 15.5. The third kappa shape index (κ3) is 4.75. The molecule has 2 aromatic rings. The van der Waals surface area contributed by atoms with Gasteiger partial charge in [0.1, 0.15) is 12.4 Å². The second-order valence-electron chi connectivity index (χ2n) is 6.22. The van der Waals surface area contributed by atoms with Crippen molar-refractivity contribution in [3.05, 3.63) is 65.7 Å². The van der Waals surface area contributed by atoms with E-state index in [4.69, 9.17) is 9.47 Å². The molecule has 146 valence electrons. The van der Waals surface area contributed by atoms with Gasteiger partial charge < -0.3 is 14.8 Å². The van der Waals surface area contributed by atoms with Crippen molar-refractivity contribution in [3.8, 4) is 5.75 Å². The molecule has 0 unspecified atom stereocenters. The Labute approximate surface area is 162 Å². The molecule has 1 N–H and O–H groups in total. The first-order chi connectivity index (χ1) is 13.6. The Morgan fingerprint density at radius 2 is 2.07 bits per heavy atom. The molecule has 0 aliphatic carbocycles. The molecule has 0 atom stereocenters. The first kappa shape index (κ1) is 19.6. The molecule has 1 heterocycles. The average Bonchev–Trinajstić information content (AvgIpc) is 2.68. The Morgan fingerprint density at radius 1 is 1.25 bits per heavy atom. The summed E-state index contributed by atoms with van der Waals surface area (Å²) < 4.78 is 24.1. The van der Waals surface area contributed by atoms with Crippen LogP contribution in [-0.2, 0) is 14.3 Å². The summed E-state index contributed by atoms with van der Waals surface area (Å²) in [6, 6.07) is 12.8. The van der Waals surface area contributed by atoms with E-state index in [2.05, 4.69) is 5.32 Å². The molecule has 3 rings (SSSR count). The van der Waals surface area contributed by atoms with Crippen molar-refractivity contribution in [2.45, 2.75) is 6.42 Å². The van der Waals surface area contributed by atoms with Crippen LogP contribution < -0.4 is 15.0 Å². The summed E-state index contributed by atoms with van der Waals surface area (Å²) in [7, 11) is 1.59. The number of amides is 2. The molecule has 6 nitrogen and oxygen atoms in total. The summed E-state index contributed by atoms with van der Waals surface area (Å²) >= 11 is 0. The second-order valence-corrected chi connectivity index (χ2v) is 6.22. The Morgan fingerprint density at radius 3 is 2.86 bits per heavy atom. The number of fused-ring (bicyclic) bond motifs is 1. The molecule has 0 radical (unpaired) electrons. The molecule has 28 heavy (non-hydrogen) atoms. The maximum Gasteiger partial charge on any atom is 0.294 e. The summed E-state index contributed by atoms with van der Waals surface area (Å²) in [5.41, 5.74) is 1.00. The van der Waals surface area contributed by atoms with Crippen LogP contribution in [0.1, 0.15) is 12.0 Å². The molecule has 0 spiro atoms. The predicted molar refractivity (Wildman–Crippen MR) is 103 cm³/mol. The highest BCUT2D eigenvalue weighted by Crippen LogP contribution is 2.35. The predicted octanol–water partition coefficient (Wildman–Crippen LogP) is 2.74. The molecular weight excluding hydrogens is 363 g/mol. The number of anilines is 1. The summed E-state index contributed by atoms with van der Waals surface area (Å²) in [6.45, 7) is 0.853. The largest absolute Gasteiger partial charge is 0.449 e. The number of halogens is 1.